The summed E-state index contributed by atoms with van der Waals surface area (Å²) in [7, 11) is 0. The highest BCUT2D eigenvalue weighted by molar-refractivity contribution is 5.94. The van der Waals surface area contributed by atoms with E-state index in [9.17, 15) is 4.79 Å². The largest absolute Gasteiger partial charge is 0.472 e. The van der Waals surface area contributed by atoms with Crippen LogP contribution in [0.3, 0.4) is 0 Å². The zero-order valence-corrected chi connectivity index (χ0v) is 16.6. The van der Waals surface area contributed by atoms with Crippen LogP contribution in [0.4, 0.5) is 5.69 Å². The van der Waals surface area contributed by atoms with Gasteiger partial charge in [-0.2, -0.15) is 0 Å². The summed E-state index contributed by atoms with van der Waals surface area (Å²) in [6.45, 7) is 7.41. The normalized spacial score (nSPS) is 25.3. The van der Waals surface area contributed by atoms with Crippen LogP contribution < -0.4 is 4.90 Å². The molecule has 5 heteroatoms. The summed E-state index contributed by atoms with van der Waals surface area (Å²) in [5.74, 6) is 0.0607. The Morgan fingerprint density at radius 3 is 2.82 bits per heavy atom. The molecular formula is C23H29N3O2. The Bertz CT molecular complexity index is 848. The van der Waals surface area contributed by atoms with Crippen LogP contribution in [0.5, 0.6) is 0 Å². The van der Waals surface area contributed by atoms with Crippen molar-refractivity contribution in [3.05, 3.63) is 53.5 Å². The van der Waals surface area contributed by atoms with Crippen molar-refractivity contribution >= 4 is 11.6 Å². The van der Waals surface area contributed by atoms with Crippen LogP contribution in [0.1, 0.15) is 47.7 Å². The van der Waals surface area contributed by atoms with Gasteiger partial charge in [0, 0.05) is 44.0 Å². The van der Waals surface area contributed by atoms with E-state index < -0.39 is 0 Å². The predicted octanol–water partition coefficient (Wildman–Crippen LogP) is 3.54. The fourth-order valence-corrected chi connectivity index (χ4v) is 5.22. The Hall–Kier alpha value is -2.27. The van der Waals surface area contributed by atoms with Crippen molar-refractivity contribution < 1.29 is 9.21 Å². The Morgan fingerprint density at radius 2 is 2.04 bits per heavy atom. The lowest BCUT2D eigenvalue weighted by molar-refractivity contribution is 0.0734. The number of likely N-dealkylation sites (tertiary alicyclic amines) is 1. The molecule has 0 saturated carbocycles. The molecule has 2 fully saturated rings. The first-order chi connectivity index (χ1) is 13.7. The van der Waals surface area contributed by atoms with Crippen LogP contribution in [0, 0.1) is 0 Å². The minimum atomic E-state index is 0.0607. The quantitative estimate of drug-likeness (QED) is 0.818. The van der Waals surface area contributed by atoms with Gasteiger partial charge in [0.15, 0.2) is 0 Å². The van der Waals surface area contributed by atoms with Gasteiger partial charge in [-0.05, 0) is 68.5 Å². The molecule has 0 spiro atoms. The lowest BCUT2D eigenvalue weighted by Crippen LogP contribution is -2.39. The van der Waals surface area contributed by atoms with E-state index in [1.807, 2.05) is 4.90 Å². The Labute approximate surface area is 166 Å². The summed E-state index contributed by atoms with van der Waals surface area (Å²) < 4.78 is 5.06. The summed E-state index contributed by atoms with van der Waals surface area (Å²) in [6, 6.07) is 10.0. The summed E-state index contributed by atoms with van der Waals surface area (Å²) in [5, 5.41) is 0. The number of hydrogen-bond acceptors (Lipinski definition) is 4. The lowest BCUT2D eigenvalue weighted by Gasteiger charge is -2.31. The first-order valence-electron chi connectivity index (χ1n) is 10.6. The second kappa shape index (κ2) is 7.28. The number of amides is 1. The van der Waals surface area contributed by atoms with E-state index in [-0.39, 0.29) is 5.91 Å². The molecule has 3 aliphatic rings. The maximum atomic E-state index is 12.6. The molecule has 1 aromatic carbocycles. The molecule has 0 aliphatic carbocycles. The lowest BCUT2D eigenvalue weighted by atomic mass is 9.98. The van der Waals surface area contributed by atoms with Crippen molar-refractivity contribution in [2.75, 3.05) is 31.1 Å². The van der Waals surface area contributed by atoms with Crippen LogP contribution in [-0.4, -0.2) is 54.0 Å². The van der Waals surface area contributed by atoms with Crippen molar-refractivity contribution in [2.45, 2.75) is 51.2 Å². The molecule has 0 N–H and O–H groups in total. The van der Waals surface area contributed by atoms with Gasteiger partial charge in [0.2, 0.25) is 0 Å². The van der Waals surface area contributed by atoms with Crippen LogP contribution in [-0.2, 0) is 13.0 Å². The second-order valence-electron chi connectivity index (χ2n) is 8.56. The van der Waals surface area contributed by atoms with E-state index >= 15 is 0 Å². The van der Waals surface area contributed by atoms with Crippen molar-refractivity contribution in [3.8, 4) is 0 Å². The molecule has 0 bridgehead atoms. The van der Waals surface area contributed by atoms with Crippen LogP contribution in [0.25, 0.3) is 0 Å². The first-order valence-corrected chi connectivity index (χ1v) is 10.6. The van der Waals surface area contributed by atoms with E-state index in [2.05, 4.69) is 34.9 Å². The van der Waals surface area contributed by atoms with Crippen LogP contribution in [0.15, 0.2) is 41.2 Å². The zero-order chi connectivity index (χ0) is 19.1. The van der Waals surface area contributed by atoms with Gasteiger partial charge in [0.1, 0.15) is 6.26 Å². The second-order valence-corrected chi connectivity index (χ2v) is 8.56. The summed E-state index contributed by atoms with van der Waals surface area (Å²) in [6.07, 6.45) is 7.99. The third-order valence-electron chi connectivity index (χ3n) is 6.86. The molecule has 2 saturated heterocycles. The molecule has 5 nitrogen and oxygen atoms in total. The van der Waals surface area contributed by atoms with Gasteiger partial charge >= 0.3 is 0 Å². The number of benzene rings is 1. The minimum Gasteiger partial charge on any atom is -0.472 e. The van der Waals surface area contributed by atoms with Crippen LogP contribution in [0.2, 0.25) is 0 Å². The maximum Gasteiger partial charge on any atom is 0.257 e. The highest BCUT2D eigenvalue weighted by Crippen LogP contribution is 2.31. The highest BCUT2D eigenvalue weighted by Gasteiger charge is 2.33. The van der Waals surface area contributed by atoms with Gasteiger partial charge in [0.25, 0.3) is 5.91 Å². The zero-order valence-electron chi connectivity index (χ0n) is 16.6. The average molecular weight is 380 g/mol. The third-order valence-corrected chi connectivity index (χ3v) is 6.86. The van der Waals surface area contributed by atoms with Gasteiger partial charge in [0.05, 0.1) is 11.8 Å². The molecular weight excluding hydrogens is 350 g/mol. The number of carbonyl (C=O) groups excluding carboxylic acids is 1. The number of nitrogens with zero attached hydrogens (tertiary/aromatic N) is 3. The molecule has 1 amide bonds. The van der Waals surface area contributed by atoms with Gasteiger partial charge in [-0.3, -0.25) is 9.69 Å². The summed E-state index contributed by atoms with van der Waals surface area (Å²) in [5.41, 5.74) is 4.66. The molecule has 148 valence electrons. The number of carbonyl (C=O) groups is 1. The predicted molar refractivity (Wildman–Crippen MR) is 110 cm³/mol. The van der Waals surface area contributed by atoms with E-state index in [4.69, 9.17) is 4.42 Å². The molecule has 4 heterocycles. The summed E-state index contributed by atoms with van der Waals surface area (Å²) in [4.78, 5) is 19.8. The number of fused-ring (bicyclic) bond motifs is 1. The number of rotatable bonds is 3. The van der Waals surface area contributed by atoms with Crippen molar-refractivity contribution in [3.63, 3.8) is 0 Å². The molecule has 0 radical (unpaired) electrons. The number of furan rings is 1. The summed E-state index contributed by atoms with van der Waals surface area (Å²) >= 11 is 0. The fourth-order valence-electron chi connectivity index (χ4n) is 5.22. The Balaban J connectivity index is 1.27. The molecule has 2 aromatic rings. The number of hydrogen-bond donors (Lipinski definition) is 0. The third kappa shape index (κ3) is 3.22. The van der Waals surface area contributed by atoms with Crippen molar-refractivity contribution in [1.82, 2.24) is 9.80 Å². The van der Waals surface area contributed by atoms with Gasteiger partial charge in [-0.1, -0.05) is 6.07 Å². The van der Waals surface area contributed by atoms with Gasteiger partial charge in [-0.25, -0.2) is 0 Å². The fraction of sp³-hybridized carbons (Fsp3) is 0.522. The highest BCUT2D eigenvalue weighted by atomic mass is 16.3. The topological polar surface area (TPSA) is 39.9 Å². The SMILES string of the molecule is CC1CCCN1C1CCN(c2ccc3c(c2)CCN(C(=O)c2ccoc2)C3)C1. The van der Waals surface area contributed by atoms with E-state index in [1.54, 1.807) is 12.3 Å². The minimum absolute atomic E-state index is 0.0607. The molecule has 1 aromatic heterocycles. The van der Waals surface area contributed by atoms with Crippen molar-refractivity contribution in [1.29, 1.82) is 0 Å². The Morgan fingerprint density at radius 1 is 1.11 bits per heavy atom. The first kappa shape index (κ1) is 17.8. The molecule has 28 heavy (non-hydrogen) atoms. The molecule has 3 aliphatic heterocycles. The van der Waals surface area contributed by atoms with E-state index in [0.717, 1.165) is 32.1 Å². The standard InChI is InChI=1S/C23H29N3O2/c1-17-3-2-9-26(17)22-7-11-24(15-22)21-5-4-19-14-25(10-6-18(19)13-21)23(27)20-8-12-28-16-20/h4-5,8,12-13,16-17,22H,2-3,6-7,9-11,14-15H2,1H3. The maximum absolute atomic E-state index is 12.6. The van der Waals surface area contributed by atoms with E-state index in [0.29, 0.717) is 18.2 Å². The average Bonchev–Trinajstić information content (AvgIpc) is 3.48. The molecule has 5 rings (SSSR count). The van der Waals surface area contributed by atoms with Gasteiger partial charge < -0.3 is 14.2 Å². The van der Waals surface area contributed by atoms with Gasteiger partial charge in [-0.15, -0.1) is 0 Å². The van der Waals surface area contributed by atoms with Crippen molar-refractivity contribution in [2.24, 2.45) is 0 Å². The monoisotopic (exact) mass is 379 g/mol. The molecule has 2 atom stereocenters. The number of anilines is 1. The molecule has 2 unspecified atom stereocenters. The van der Waals surface area contributed by atoms with E-state index in [1.165, 1.54) is 48.9 Å². The Kier molecular flexibility index (Phi) is 4.63. The van der Waals surface area contributed by atoms with Crippen LogP contribution >= 0.6 is 0 Å². The smallest absolute Gasteiger partial charge is 0.257 e.